The number of nitriles is 1. The van der Waals surface area contributed by atoms with Gasteiger partial charge in [-0.25, -0.2) is 14.0 Å². The van der Waals surface area contributed by atoms with Crippen molar-refractivity contribution in [2.24, 2.45) is 5.92 Å². The first-order valence-electron chi connectivity index (χ1n) is 6.37. The number of carbonyl (C=O) groups is 2. The van der Waals surface area contributed by atoms with Crippen LogP contribution in [-0.4, -0.2) is 35.1 Å². The van der Waals surface area contributed by atoms with Crippen molar-refractivity contribution in [2.75, 3.05) is 18.4 Å². The normalized spacial score (nSPS) is 11.3. The summed E-state index contributed by atoms with van der Waals surface area (Å²) in [5.41, 5.74) is -0.315. The molecule has 1 atom stereocenters. The Morgan fingerprint density at radius 3 is 2.71 bits per heavy atom. The van der Waals surface area contributed by atoms with Gasteiger partial charge in [-0.3, -0.25) is 0 Å². The van der Waals surface area contributed by atoms with Crippen LogP contribution in [0.1, 0.15) is 24.2 Å². The molecule has 1 aromatic rings. The standard InChI is InChI=1S/C14H16FN3O3/c1-3-18(8-9(2)7-16)14(21)17-12-6-10(15)4-5-11(12)13(19)20/h4-6,9H,3,8H2,1-2H3,(H,17,21)(H,19,20). The number of nitrogens with zero attached hydrogens (tertiary/aromatic N) is 2. The van der Waals surface area contributed by atoms with E-state index < -0.39 is 17.8 Å². The van der Waals surface area contributed by atoms with Gasteiger partial charge in [0.15, 0.2) is 0 Å². The molecule has 0 spiro atoms. The number of rotatable bonds is 5. The maximum Gasteiger partial charge on any atom is 0.337 e. The van der Waals surface area contributed by atoms with Gasteiger partial charge in [0.25, 0.3) is 0 Å². The molecule has 0 saturated carbocycles. The molecule has 0 aliphatic carbocycles. The molecule has 112 valence electrons. The van der Waals surface area contributed by atoms with Crippen LogP contribution in [0.4, 0.5) is 14.9 Å². The fourth-order valence-electron chi connectivity index (χ4n) is 1.73. The lowest BCUT2D eigenvalue weighted by Gasteiger charge is -2.22. The Hall–Kier alpha value is -2.62. The Morgan fingerprint density at radius 1 is 1.52 bits per heavy atom. The molecule has 2 amide bonds. The molecule has 7 heteroatoms. The highest BCUT2D eigenvalue weighted by Gasteiger charge is 2.18. The van der Waals surface area contributed by atoms with Crippen molar-refractivity contribution in [1.82, 2.24) is 4.90 Å². The highest BCUT2D eigenvalue weighted by Crippen LogP contribution is 2.18. The Kier molecular flexibility index (Phi) is 5.67. The van der Waals surface area contributed by atoms with Crippen molar-refractivity contribution in [1.29, 1.82) is 5.26 Å². The lowest BCUT2D eigenvalue weighted by molar-refractivity contribution is 0.0698. The van der Waals surface area contributed by atoms with E-state index in [1.807, 2.05) is 6.07 Å². The molecule has 0 saturated heterocycles. The number of nitrogens with one attached hydrogen (secondary N) is 1. The quantitative estimate of drug-likeness (QED) is 0.872. The Balaban J connectivity index is 2.94. The number of benzene rings is 1. The van der Waals surface area contributed by atoms with Crippen molar-refractivity contribution in [3.63, 3.8) is 0 Å². The Labute approximate surface area is 121 Å². The average Bonchev–Trinajstić information content (AvgIpc) is 2.43. The van der Waals surface area contributed by atoms with Gasteiger partial charge in [0.05, 0.1) is 23.2 Å². The minimum Gasteiger partial charge on any atom is -0.478 e. The van der Waals surface area contributed by atoms with Gasteiger partial charge in [-0.05, 0) is 32.0 Å². The largest absolute Gasteiger partial charge is 0.478 e. The van der Waals surface area contributed by atoms with E-state index in [0.29, 0.717) is 6.54 Å². The molecular formula is C14H16FN3O3. The first-order chi connectivity index (χ1) is 9.88. The molecule has 0 aliphatic rings. The SMILES string of the molecule is CCN(CC(C)C#N)C(=O)Nc1cc(F)ccc1C(=O)O. The molecule has 1 unspecified atom stereocenters. The first kappa shape index (κ1) is 16.4. The number of carboxylic acid groups (broad SMARTS) is 1. The van der Waals surface area contributed by atoms with Crippen LogP contribution >= 0.6 is 0 Å². The zero-order valence-corrected chi connectivity index (χ0v) is 11.8. The zero-order chi connectivity index (χ0) is 16.0. The summed E-state index contributed by atoms with van der Waals surface area (Å²) in [4.78, 5) is 24.5. The average molecular weight is 293 g/mol. The number of carboxylic acids is 1. The van der Waals surface area contributed by atoms with Gasteiger partial charge >= 0.3 is 12.0 Å². The second-order valence-corrected chi connectivity index (χ2v) is 4.49. The fourth-order valence-corrected chi connectivity index (χ4v) is 1.73. The van der Waals surface area contributed by atoms with Crippen LogP contribution in [0.15, 0.2) is 18.2 Å². The van der Waals surface area contributed by atoms with E-state index in [-0.39, 0.29) is 23.7 Å². The summed E-state index contributed by atoms with van der Waals surface area (Å²) >= 11 is 0. The Bertz CT molecular complexity index is 583. The van der Waals surface area contributed by atoms with Gasteiger partial charge in [-0.15, -0.1) is 0 Å². The number of hydrogen-bond acceptors (Lipinski definition) is 3. The number of carbonyl (C=O) groups excluding carboxylic acids is 1. The van der Waals surface area contributed by atoms with Gasteiger partial charge in [-0.2, -0.15) is 5.26 Å². The molecule has 2 N–H and O–H groups in total. The van der Waals surface area contributed by atoms with Crippen molar-refractivity contribution < 1.29 is 19.1 Å². The smallest absolute Gasteiger partial charge is 0.337 e. The third kappa shape index (κ3) is 4.45. The molecule has 6 nitrogen and oxygen atoms in total. The fraction of sp³-hybridized carbons (Fsp3) is 0.357. The summed E-state index contributed by atoms with van der Waals surface area (Å²) in [5, 5.41) is 20.2. The monoisotopic (exact) mass is 293 g/mol. The molecule has 1 aromatic carbocycles. The summed E-state index contributed by atoms with van der Waals surface area (Å²) in [6.07, 6.45) is 0. The highest BCUT2D eigenvalue weighted by atomic mass is 19.1. The summed E-state index contributed by atoms with van der Waals surface area (Å²) < 4.78 is 13.2. The summed E-state index contributed by atoms with van der Waals surface area (Å²) in [7, 11) is 0. The molecular weight excluding hydrogens is 277 g/mol. The summed E-state index contributed by atoms with van der Waals surface area (Å²) in [6, 6.07) is 4.48. The number of amides is 2. The van der Waals surface area contributed by atoms with Gasteiger partial charge in [-0.1, -0.05) is 0 Å². The molecule has 1 rings (SSSR count). The minimum absolute atomic E-state index is 0.115. The van der Waals surface area contributed by atoms with Crippen LogP contribution in [-0.2, 0) is 0 Å². The second kappa shape index (κ2) is 7.24. The molecule has 0 aromatic heterocycles. The molecule has 0 radical (unpaired) electrons. The third-order valence-corrected chi connectivity index (χ3v) is 2.84. The van der Waals surface area contributed by atoms with E-state index in [2.05, 4.69) is 5.32 Å². The van der Waals surface area contributed by atoms with Gasteiger partial charge < -0.3 is 15.3 Å². The topological polar surface area (TPSA) is 93.4 Å². The van der Waals surface area contributed by atoms with Crippen molar-refractivity contribution >= 4 is 17.7 Å². The van der Waals surface area contributed by atoms with Crippen LogP contribution in [0, 0.1) is 23.1 Å². The molecule has 0 bridgehead atoms. The molecule has 0 heterocycles. The summed E-state index contributed by atoms with van der Waals surface area (Å²) in [6.45, 7) is 3.94. The van der Waals surface area contributed by atoms with Gasteiger partial charge in [0, 0.05) is 13.1 Å². The van der Waals surface area contributed by atoms with Crippen molar-refractivity contribution in [2.45, 2.75) is 13.8 Å². The van der Waals surface area contributed by atoms with E-state index in [4.69, 9.17) is 10.4 Å². The molecule has 0 fully saturated rings. The van der Waals surface area contributed by atoms with Gasteiger partial charge in [0.2, 0.25) is 0 Å². The number of aromatic carboxylic acids is 1. The van der Waals surface area contributed by atoms with E-state index in [1.54, 1.807) is 13.8 Å². The van der Waals surface area contributed by atoms with E-state index in [9.17, 15) is 14.0 Å². The van der Waals surface area contributed by atoms with Crippen LogP contribution in [0.2, 0.25) is 0 Å². The molecule has 0 aliphatic heterocycles. The summed E-state index contributed by atoms with van der Waals surface area (Å²) in [5.74, 6) is -2.27. The first-order valence-corrected chi connectivity index (χ1v) is 6.37. The van der Waals surface area contributed by atoms with E-state index in [0.717, 1.165) is 18.2 Å². The van der Waals surface area contributed by atoms with E-state index in [1.165, 1.54) is 4.90 Å². The predicted octanol–water partition coefficient (Wildman–Crippen LogP) is 2.54. The number of hydrogen-bond donors (Lipinski definition) is 2. The number of urea groups is 1. The maximum atomic E-state index is 13.2. The minimum atomic E-state index is -1.27. The van der Waals surface area contributed by atoms with Crippen LogP contribution in [0.25, 0.3) is 0 Å². The third-order valence-electron chi connectivity index (χ3n) is 2.84. The van der Waals surface area contributed by atoms with Gasteiger partial charge in [0.1, 0.15) is 5.82 Å². The Morgan fingerprint density at radius 2 is 2.19 bits per heavy atom. The lowest BCUT2D eigenvalue weighted by atomic mass is 10.1. The van der Waals surface area contributed by atoms with E-state index >= 15 is 0 Å². The zero-order valence-electron chi connectivity index (χ0n) is 11.8. The van der Waals surface area contributed by atoms with Crippen LogP contribution < -0.4 is 5.32 Å². The second-order valence-electron chi connectivity index (χ2n) is 4.49. The lowest BCUT2D eigenvalue weighted by Crippen LogP contribution is -2.38. The van der Waals surface area contributed by atoms with Crippen molar-refractivity contribution in [3.8, 4) is 6.07 Å². The maximum absolute atomic E-state index is 13.2. The predicted molar refractivity (Wildman–Crippen MR) is 74.4 cm³/mol. The van der Waals surface area contributed by atoms with Crippen molar-refractivity contribution in [3.05, 3.63) is 29.6 Å². The molecule has 21 heavy (non-hydrogen) atoms. The van der Waals surface area contributed by atoms with Crippen LogP contribution in [0.3, 0.4) is 0 Å². The highest BCUT2D eigenvalue weighted by molar-refractivity contribution is 6.00. The number of halogens is 1. The number of anilines is 1. The van der Waals surface area contributed by atoms with Crippen LogP contribution in [0.5, 0.6) is 0 Å².